The molecule has 0 aliphatic carbocycles. The van der Waals surface area contributed by atoms with Crippen molar-refractivity contribution in [3.63, 3.8) is 0 Å². The lowest BCUT2D eigenvalue weighted by Gasteiger charge is -2.25. The summed E-state index contributed by atoms with van der Waals surface area (Å²) in [5.41, 5.74) is 1.07. The number of benzene rings is 2. The van der Waals surface area contributed by atoms with Crippen molar-refractivity contribution in [2.45, 2.75) is 50.3 Å². The summed E-state index contributed by atoms with van der Waals surface area (Å²) in [5.74, 6) is 0.495. The van der Waals surface area contributed by atoms with Gasteiger partial charge < -0.3 is 10.1 Å². The van der Waals surface area contributed by atoms with Gasteiger partial charge in [-0.3, -0.25) is 4.79 Å². The van der Waals surface area contributed by atoms with E-state index in [-0.39, 0.29) is 10.8 Å². The Hall–Kier alpha value is -2.38. The van der Waals surface area contributed by atoms with Crippen LogP contribution in [0.15, 0.2) is 53.4 Å². The van der Waals surface area contributed by atoms with E-state index in [0.29, 0.717) is 30.9 Å². The zero-order valence-electron chi connectivity index (χ0n) is 17.5. The van der Waals surface area contributed by atoms with Gasteiger partial charge in [-0.25, -0.2) is 8.42 Å². The lowest BCUT2D eigenvalue weighted by molar-refractivity contribution is 0.102. The van der Waals surface area contributed by atoms with Crippen LogP contribution in [0.3, 0.4) is 0 Å². The molecule has 1 N–H and O–H groups in total. The normalized spacial score (nSPS) is 15.0. The molecule has 1 heterocycles. The second kappa shape index (κ2) is 10.6. The number of anilines is 1. The standard InChI is InChI=1S/C23H30N2O4S/c1-2-3-7-18-29-21-12-8-19(9-13-21)23(26)24-20-10-14-22(15-11-20)30(27,28)25-16-5-4-6-17-25/h8-15H,2-7,16-18H2,1H3,(H,24,26). The van der Waals surface area contributed by atoms with Gasteiger partial charge in [0, 0.05) is 24.3 Å². The highest BCUT2D eigenvalue weighted by atomic mass is 32.2. The summed E-state index contributed by atoms with van der Waals surface area (Å²) in [6.07, 6.45) is 6.17. The van der Waals surface area contributed by atoms with E-state index < -0.39 is 10.0 Å². The lowest BCUT2D eigenvalue weighted by atomic mass is 10.2. The Morgan fingerprint density at radius 3 is 2.27 bits per heavy atom. The molecule has 30 heavy (non-hydrogen) atoms. The topological polar surface area (TPSA) is 75.7 Å². The summed E-state index contributed by atoms with van der Waals surface area (Å²) in [7, 11) is -3.47. The second-order valence-corrected chi connectivity index (χ2v) is 9.46. The zero-order chi connectivity index (χ0) is 21.4. The van der Waals surface area contributed by atoms with Gasteiger partial charge in [0.15, 0.2) is 0 Å². The number of piperidine rings is 1. The van der Waals surface area contributed by atoms with E-state index in [1.165, 1.54) is 4.31 Å². The van der Waals surface area contributed by atoms with E-state index in [4.69, 9.17) is 4.74 Å². The van der Waals surface area contributed by atoms with Crippen LogP contribution in [0.4, 0.5) is 5.69 Å². The third kappa shape index (κ3) is 5.83. The van der Waals surface area contributed by atoms with E-state index in [1.54, 1.807) is 48.5 Å². The summed E-state index contributed by atoms with van der Waals surface area (Å²) in [4.78, 5) is 12.7. The fourth-order valence-electron chi connectivity index (χ4n) is 3.41. The largest absolute Gasteiger partial charge is 0.494 e. The minimum absolute atomic E-state index is 0.251. The van der Waals surface area contributed by atoms with Crippen LogP contribution in [0, 0.1) is 0 Å². The molecule has 162 valence electrons. The number of rotatable bonds is 9. The lowest BCUT2D eigenvalue weighted by Crippen LogP contribution is -2.35. The third-order valence-electron chi connectivity index (χ3n) is 5.20. The van der Waals surface area contributed by atoms with Crippen LogP contribution in [-0.2, 0) is 10.0 Å². The fourth-order valence-corrected chi connectivity index (χ4v) is 4.93. The van der Waals surface area contributed by atoms with Crippen LogP contribution >= 0.6 is 0 Å². The summed E-state index contributed by atoms with van der Waals surface area (Å²) in [6, 6.07) is 13.4. The molecule has 0 atom stereocenters. The highest BCUT2D eigenvalue weighted by Gasteiger charge is 2.25. The molecule has 0 radical (unpaired) electrons. The molecule has 0 spiro atoms. The first-order valence-electron chi connectivity index (χ1n) is 10.6. The summed E-state index contributed by atoms with van der Waals surface area (Å²) in [5, 5.41) is 2.81. The smallest absolute Gasteiger partial charge is 0.255 e. The van der Waals surface area contributed by atoms with Crippen LogP contribution < -0.4 is 10.1 Å². The molecule has 0 bridgehead atoms. The monoisotopic (exact) mass is 430 g/mol. The first-order valence-corrected chi connectivity index (χ1v) is 12.1. The fraction of sp³-hybridized carbons (Fsp3) is 0.435. The number of unbranched alkanes of at least 4 members (excludes halogenated alkanes) is 2. The molecule has 1 amide bonds. The molecular weight excluding hydrogens is 400 g/mol. The molecule has 1 fully saturated rings. The number of hydrogen-bond donors (Lipinski definition) is 1. The zero-order valence-corrected chi connectivity index (χ0v) is 18.3. The predicted octanol–water partition coefficient (Wildman–Crippen LogP) is 4.68. The maximum absolute atomic E-state index is 12.7. The Kier molecular flexibility index (Phi) is 7.87. The van der Waals surface area contributed by atoms with Crippen LogP contribution in [0.25, 0.3) is 0 Å². The molecule has 0 unspecified atom stereocenters. The minimum Gasteiger partial charge on any atom is -0.494 e. The highest BCUT2D eigenvalue weighted by molar-refractivity contribution is 7.89. The quantitative estimate of drug-likeness (QED) is 0.586. The first kappa shape index (κ1) is 22.3. The van der Waals surface area contributed by atoms with Gasteiger partial charge in [-0.05, 0) is 67.8 Å². The molecule has 0 aromatic heterocycles. The second-order valence-electron chi connectivity index (χ2n) is 7.52. The van der Waals surface area contributed by atoms with Gasteiger partial charge in [-0.2, -0.15) is 4.31 Å². The molecule has 6 nitrogen and oxygen atoms in total. The Bertz CT molecular complexity index is 919. The summed E-state index contributed by atoms with van der Waals surface area (Å²) < 4.78 is 32.6. The number of hydrogen-bond acceptors (Lipinski definition) is 4. The summed E-state index contributed by atoms with van der Waals surface area (Å²) in [6.45, 7) is 3.96. The highest BCUT2D eigenvalue weighted by Crippen LogP contribution is 2.22. The Labute approximate surface area is 179 Å². The Balaban J connectivity index is 1.57. The van der Waals surface area contributed by atoms with Crippen LogP contribution in [0.1, 0.15) is 55.8 Å². The third-order valence-corrected chi connectivity index (χ3v) is 7.11. The van der Waals surface area contributed by atoms with E-state index in [1.807, 2.05) is 0 Å². The van der Waals surface area contributed by atoms with Crippen molar-refractivity contribution in [1.29, 1.82) is 0 Å². The first-order chi connectivity index (χ1) is 14.5. The Morgan fingerprint density at radius 2 is 1.63 bits per heavy atom. The molecule has 0 saturated carbocycles. The van der Waals surface area contributed by atoms with Crippen molar-refractivity contribution in [3.05, 3.63) is 54.1 Å². The Morgan fingerprint density at radius 1 is 0.967 bits per heavy atom. The van der Waals surface area contributed by atoms with Gasteiger partial charge in [0.25, 0.3) is 5.91 Å². The predicted molar refractivity (Wildman–Crippen MR) is 118 cm³/mol. The van der Waals surface area contributed by atoms with Gasteiger partial charge in [0.05, 0.1) is 11.5 Å². The number of nitrogens with one attached hydrogen (secondary N) is 1. The van der Waals surface area contributed by atoms with E-state index in [2.05, 4.69) is 12.2 Å². The molecule has 1 aliphatic heterocycles. The van der Waals surface area contributed by atoms with Gasteiger partial charge in [0.2, 0.25) is 10.0 Å². The van der Waals surface area contributed by atoms with Crippen LogP contribution in [0.2, 0.25) is 0 Å². The van der Waals surface area contributed by atoms with Crippen LogP contribution in [0.5, 0.6) is 5.75 Å². The number of carbonyl (C=O) groups is 1. The molecule has 2 aromatic carbocycles. The SMILES string of the molecule is CCCCCOc1ccc(C(=O)Nc2ccc(S(=O)(=O)N3CCCCC3)cc2)cc1. The van der Waals surface area contributed by atoms with Crippen molar-refractivity contribution in [3.8, 4) is 5.75 Å². The van der Waals surface area contributed by atoms with E-state index in [9.17, 15) is 13.2 Å². The molecule has 7 heteroatoms. The van der Waals surface area contributed by atoms with Crippen LogP contribution in [-0.4, -0.2) is 38.3 Å². The average molecular weight is 431 g/mol. The molecular formula is C23H30N2O4S. The minimum atomic E-state index is -3.47. The van der Waals surface area contributed by atoms with Crippen molar-refractivity contribution in [2.24, 2.45) is 0 Å². The van der Waals surface area contributed by atoms with Gasteiger partial charge in [-0.1, -0.05) is 26.2 Å². The van der Waals surface area contributed by atoms with Crippen molar-refractivity contribution < 1.29 is 17.9 Å². The van der Waals surface area contributed by atoms with Gasteiger partial charge in [-0.15, -0.1) is 0 Å². The van der Waals surface area contributed by atoms with Crippen molar-refractivity contribution >= 4 is 21.6 Å². The molecule has 1 saturated heterocycles. The average Bonchev–Trinajstić information content (AvgIpc) is 2.78. The number of nitrogens with zero attached hydrogens (tertiary/aromatic N) is 1. The molecule has 1 aliphatic rings. The molecule has 3 rings (SSSR count). The van der Waals surface area contributed by atoms with Crippen molar-refractivity contribution in [1.82, 2.24) is 4.31 Å². The number of sulfonamides is 1. The van der Waals surface area contributed by atoms with Crippen molar-refractivity contribution in [2.75, 3.05) is 25.0 Å². The maximum atomic E-state index is 12.7. The van der Waals surface area contributed by atoms with Gasteiger partial charge >= 0.3 is 0 Å². The van der Waals surface area contributed by atoms with Gasteiger partial charge in [0.1, 0.15) is 5.75 Å². The summed E-state index contributed by atoms with van der Waals surface area (Å²) >= 11 is 0. The number of ether oxygens (including phenoxy) is 1. The number of carbonyl (C=O) groups excluding carboxylic acids is 1. The van der Waals surface area contributed by atoms with E-state index >= 15 is 0 Å². The molecule has 2 aromatic rings. The maximum Gasteiger partial charge on any atom is 0.255 e. The number of amides is 1. The van der Waals surface area contributed by atoms with E-state index in [0.717, 1.165) is 44.3 Å².